The number of nitrogens with zero attached hydrogens (tertiary/aromatic N) is 2. The largest absolute Gasteiger partial charge is 0.505 e. The number of hydrogen-bond donors (Lipinski definition) is 1. The third kappa shape index (κ3) is 4.80. The Kier molecular flexibility index (Phi) is 6.90. The van der Waals surface area contributed by atoms with Crippen molar-refractivity contribution in [3.05, 3.63) is 94.6 Å². The fourth-order valence-electron chi connectivity index (χ4n) is 5.32. The van der Waals surface area contributed by atoms with Crippen molar-refractivity contribution < 1.29 is 19.0 Å². The number of hydrogen-bond acceptors (Lipinski definition) is 4. The summed E-state index contributed by atoms with van der Waals surface area (Å²) in [7, 11) is 0. The van der Waals surface area contributed by atoms with Crippen molar-refractivity contribution in [3.8, 4) is 17.2 Å². The van der Waals surface area contributed by atoms with E-state index in [0.717, 1.165) is 30.3 Å². The molecule has 37 heavy (non-hydrogen) atoms. The lowest BCUT2D eigenvalue weighted by Gasteiger charge is -2.32. The highest BCUT2D eigenvalue weighted by Crippen LogP contribution is 2.50. The number of halogens is 1. The number of aromatic hydroxyl groups is 1. The highest BCUT2D eigenvalue weighted by molar-refractivity contribution is 5.98. The van der Waals surface area contributed by atoms with Crippen molar-refractivity contribution in [2.75, 3.05) is 19.7 Å². The van der Waals surface area contributed by atoms with Gasteiger partial charge in [-0.15, -0.1) is 0 Å². The summed E-state index contributed by atoms with van der Waals surface area (Å²) in [6, 6.07) is 18.3. The molecule has 0 aromatic heterocycles. The zero-order valence-electron chi connectivity index (χ0n) is 21.4. The van der Waals surface area contributed by atoms with Gasteiger partial charge in [0.05, 0.1) is 12.1 Å². The Morgan fingerprint density at radius 2 is 1.92 bits per heavy atom. The van der Waals surface area contributed by atoms with E-state index in [4.69, 9.17) is 16.0 Å². The first-order valence-corrected chi connectivity index (χ1v) is 12.7. The van der Waals surface area contributed by atoms with Crippen molar-refractivity contribution >= 4 is 16.8 Å². The van der Waals surface area contributed by atoms with Crippen molar-refractivity contribution in [1.29, 1.82) is 0 Å². The molecule has 3 aromatic rings. The molecule has 1 unspecified atom stereocenters. The first-order valence-electron chi connectivity index (χ1n) is 12.7. The molecular formula is C31H31FN2O3. The van der Waals surface area contributed by atoms with Gasteiger partial charge in [-0.05, 0) is 79.3 Å². The Morgan fingerprint density at radius 1 is 1.16 bits per heavy atom. The summed E-state index contributed by atoms with van der Waals surface area (Å²) < 4.78 is 27.5. The molecule has 0 bridgehead atoms. The number of fused-ring (bicyclic) bond motifs is 1. The monoisotopic (exact) mass is 498 g/mol. The van der Waals surface area contributed by atoms with E-state index in [1.807, 2.05) is 49.4 Å². The maximum Gasteiger partial charge on any atom is 0.194 e. The zero-order chi connectivity index (χ0) is 26.1. The van der Waals surface area contributed by atoms with Gasteiger partial charge in [0.25, 0.3) is 0 Å². The molecule has 2 heterocycles. The smallest absolute Gasteiger partial charge is 0.194 e. The number of phenolic OH excluding ortho intramolecular Hbond substituents is 1. The summed E-state index contributed by atoms with van der Waals surface area (Å²) >= 11 is 0. The van der Waals surface area contributed by atoms with Crippen LogP contribution in [0, 0.1) is 18.3 Å². The Bertz CT molecular complexity index is 1380. The molecule has 0 aliphatic carbocycles. The molecule has 3 aromatic carbocycles. The van der Waals surface area contributed by atoms with Gasteiger partial charge in [0.15, 0.2) is 17.3 Å². The predicted octanol–water partition coefficient (Wildman–Crippen LogP) is 7.26. The molecule has 1 N–H and O–H groups in total. The number of likely N-dealkylation sites (tertiary alicyclic amines) is 1. The number of para-hydroxylation sites is 1. The molecule has 1 fully saturated rings. The Labute approximate surface area is 217 Å². The minimum Gasteiger partial charge on any atom is -0.505 e. The summed E-state index contributed by atoms with van der Waals surface area (Å²) in [4.78, 5) is 6.16. The van der Waals surface area contributed by atoms with Gasteiger partial charge in [0.2, 0.25) is 0 Å². The van der Waals surface area contributed by atoms with Crippen LogP contribution in [-0.2, 0) is 0 Å². The van der Waals surface area contributed by atoms with E-state index < -0.39 is 17.7 Å². The number of ether oxygens (including phenoxy) is 2. The van der Waals surface area contributed by atoms with Crippen LogP contribution in [0.25, 0.3) is 16.0 Å². The summed E-state index contributed by atoms with van der Waals surface area (Å²) in [5.74, 6) is 0.710. The Hall–Kier alpha value is -3.82. The second-order valence-electron chi connectivity index (χ2n) is 10.1. The molecule has 6 heteroatoms. The van der Waals surface area contributed by atoms with Crippen molar-refractivity contribution in [2.45, 2.75) is 39.3 Å². The summed E-state index contributed by atoms with van der Waals surface area (Å²) in [5, 5.41) is 10.0. The van der Waals surface area contributed by atoms with Crippen LogP contribution in [0.3, 0.4) is 0 Å². The SMILES string of the molecule is [C-]#[N+]c1ccccc1C1=C(C)c2c(ccc(O)c2F)OC1c1ccc(OC[C@H](C)N2CC[C@@H](C)C2)cc1. The molecule has 0 spiro atoms. The van der Waals surface area contributed by atoms with Crippen LogP contribution in [0.1, 0.15) is 50.0 Å². The van der Waals surface area contributed by atoms with Gasteiger partial charge >= 0.3 is 0 Å². The molecule has 190 valence electrons. The third-order valence-corrected chi connectivity index (χ3v) is 7.44. The quantitative estimate of drug-likeness (QED) is 0.364. The third-order valence-electron chi connectivity index (χ3n) is 7.44. The molecule has 5 nitrogen and oxygen atoms in total. The lowest BCUT2D eigenvalue weighted by atomic mass is 9.85. The number of phenols is 1. The average molecular weight is 499 g/mol. The fraction of sp³-hybridized carbons (Fsp3) is 0.323. The topological polar surface area (TPSA) is 46.3 Å². The van der Waals surface area contributed by atoms with Crippen LogP contribution < -0.4 is 9.47 Å². The molecule has 5 rings (SSSR count). The normalized spacial score (nSPS) is 20.2. The first-order chi connectivity index (χ1) is 17.9. The van der Waals surface area contributed by atoms with Gasteiger partial charge in [-0.2, -0.15) is 0 Å². The summed E-state index contributed by atoms with van der Waals surface area (Å²) in [6.07, 6.45) is 0.678. The lowest BCUT2D eigenvalue weighted by molar-refractivity contribution is 0.169. The van der Waals surface area contributed by atoms with E-state index in [1.54, 1.807) is 12.1 Å². The minimum atomic E-state index is -0.725. The lowest BCUT2D eigenvalue weighted by Crippen LogP contribution is -2.35. The van der Waals surface area contributed by atoms with Crippen LogP contribution in [0.15, 0.2) is 60.7 Å². The van der Waals surface area contributed by atoms with E-state index in [-0.39, 0.29) is 5.56 Å². The number of benzene rings is 3. The van der Waals surface area contributed by atoms with Crippen LogP contribution in [0.4, 0.5) is 10.1 Å². The number of allylic oxidation sites excluding steroid dienone is 1. The van der Waals surface area contributed by atoms with Gasteiger partial charge in [0.1, 0.15) is 24.2 Å². The maximum atomic E-state index is 15.0. The Balaban J connectivity index is 1.46. The van der Waals surface area contributed by atoms with E-state index in [2.05, 4.69) is 23.6 Å². The van der Waals surface area contributed by atoms with Gasteiger partial charge in [0, 0.05) is 12.6 Å². The van der Waals surface area contributed by atoms with E-state index in [9.17, 15) is 5.11 Å². The van der Waals surface area contributed by atoms with Crippen LogP contribution >= 0.6 is 0 Å². The highest BCUT2D eigenvalue weighted by Gasteiger charge is 2.33. The van der Waals surface area contributed by atoms with E-state index >= 15 is 4.39 Å². The van der Waals surface area contributed by atoms with Gasteiger partial charge in [-0.3, -0.25) is 4.90 Å². The molecular weight excluding hydrogens is 467 g/mol. The van der Waals surface area contributed by atoms with Gasteiger partial charge < -0.3 is 14.6 Å². The Morgan fingerprint density at radius 3 is 2.62 bits per heavy atom. The molecule has 2 aliphatic rings. The maximum absolute atomic E-state index is 15.0. The average Bonchev–Trinajstić information content (AvgIpc) is 3.36. The standard InChI is InChI=1S/C31H31FN2O3/c1-19-15-16-34(17-19)20(2)18-36-23-11-9-22(10-12-23)31-28(24-7-5-6-8-25(24)33-4)21(3)29-27(37-31)14-13-26(35)30(29)32/h5-14,19-20,31,35H,15-18H2,1-3H3/t19-,20+,31?/m1/s1. The van der Waals surface area contributed by atoms with Crippen molar-refractivity contribution in [1.82, 2.24) is 4.90 Å². The van der Waals surface area contributed by atoms with Gasteiger partial charge in [-0.1, -0.05) is 43.3 Å². The minimum absolute atomic E-state index is 0.219. The van der Waals surface area contributed by atoms with Crippen LogP contribution in [0.5, 0.6) is 17.2 Å². The first kappa shape index (κ1) is 24.9. The molecule has 1 saturated heterocycles. The number of rotatable bonds is 6. The second-order valence-corrected chi connectivity index (χ2v) is 10.1. The second kappa shape index (κ2) is 10.3. The fourth-order valence-corrected chi connectivity index (χ4v) is 5.32. The molecule has 0 amide bonds. The summed E-state index contributed by atoms with van der Waals surface area (Å²) in [6.45, 7) is 16.8. The molecule has 3 atom stereocenters. The highest BCUT2D eigenvalue weighted by atomic mass is 19.1. The molecule has 0 radical (unpaired) electrons. The van der Waals surface area contributed by atoms with E-state index in [1.165, 1.54) is 12.5 Å². The summed E-state index contributed by atoms with van der Waals surface area (Å²) in [5.41, 5.74) is 3.55. The van der Waals surface area contributed by atoms with E-state index in [0.29, 0.717) is 40.8 Å². The van der Waals surface area contributed by atoms with Crippen LogP contribution in [-0.4, -0.2) is 35.7 Å². The van der Waals surface area contributed by atoms with Gasteiger partial charge in [-0.25, -0.2) is 9.24 Å². The molecule has 2 aliphatic heterocycles. The van der Waals surface area contributed by atoms with Crippen LogP contribution in [0.2, 0.25) is 0 Å². The van der Waals surface area contributed by atoms with Crippen molar-refractivity contribution in [2.24, 2.45) is 5.92 Å². The zero-order valence-corrected chi connectivity index (χ0v) is 21.4. The molecule has 0 saturated carbocycles. The van der Waals surface area contributed by atoms with Crippen molar-refractivity contribution in [3.63, 3.8) is 0 Å². The predicted molar refractivity (Wildman–Crippen MR) is 143 cm³/mol.